The van der Waals surface area contributed by atoms with Gasteiger partial charge in [0.15, 0.2) is 0 Å². The van der Waals surface area contributed by atoms with Crippen molar-refractivity contribution in [1.82, 2.24) is 24.9 Å². The lowest BCUT2D eigenvalue weighted by molar-refractivity contribution is -0.148. The summed E-state index contributed by atoms with van der Waals surface area (Å²) in [6.07, 6.45) is 4.76. The van der Waals surface area contributed by atoms with Gasteiger partial charge in [-0.05, 0) is 61.3 Å². The van der Waals surface area contributed by atoms with Crippen molar-refractivity contribution in [2.24, 2.45) is 7.05 Å². The molecular formula is C27H31FN5O7PS. The second kappa shape index (κ2) is 10.7. The summed E-state index contributed by atoms with van der Waals surface area (Å²) < 4.78 is 27.5. The maximum atomic E-state index is 14.2. The number of carbonyl (C=O) groups excluding carboxylic acids is 3. The molecule has 1 unspecified atom stereocenters. The normalized spacial score (nSPS) is 23.9. The predicted molar refractivity (Wildman–Crippen MR) is 151 cm³/mol. The van der Waals surface area contributed by atoms with Crippen molar-refractivity contribution in [3.05, 3.63) is 46.5 Å². The number of aryl methyl sites for hydroxylation is 1. The summed E-state index contributed by atoms with van der Waals surface area (Å²) >= 11 is 1.13. The number of carbonyl (C=O) groups is 3. The van der Waals surface area contributed by atoms with Gasteiger partial charge in [-0.2, -0.15) is 5.10 Å². The molecule has 0 radical (unpaired) electrons. The van der Waals surface area contributed by atoms with Gasteiger partial charge < -0.3 is 30.0 Å². The minimum absolute atomic E-state index is 0.0170. The number of thiophene rings is 1. The Kier molecular flexibility index (Phi) is 7.37. The van der Waals surface area contributed by atoms with E-state index in [0.29, 0.717) is 54.4 Å². The first kappa shape index (κ1) is 28.8. The molecule has 15 heteroatoms. The van der Waals surface area contributed by atoms with Crippen LogP contribution in [0.5, 0.6) is 5.88 Å². The van der Waals surface area contributed by atoms with Crippen molar-refractivity contribution in [3.63, 3.8) is 0 Å². The van der Waals surface area contributed by atoms with Crippen molar-refractivity contribution in [1.29, 1.82) is 0 Å². The number of hydrogen-bond acceptors (Lipinski definition) is 7. The number of amides is 3. The highest BCUT2D eigenvalue weighted by Crippen LogP contribution is 2.53. The molecule has 4 atom stereocenters. The summed E-state index contributed by atoms with van der Waals surface area (Å²) in [5, 5.41) is 17.5. The monoisotopic (exact) mass is 619 g/mol. The van der Waals surface area contributed by atoms with Crippen molar-refractivity contribution in [3.8, 4) is 5.88 Å². The number of nitrogens with zero attached hydrogens (tertiary/aromatic N) is 4. The molecular weight excluding hydrogens is 588 g/mol. The quantitative estimate of drug-likeness (QED) is 0.306. The van der Waals surface area contributed by atoms with E-state index in [2.05, 4.69) is 10.4 Å². The van der Waals surface area contributed by atoms with Gasteiger partial charge in [-0.1, -0.05) is 6.07 Å². The molecule has 42 heavy (non-hydrogen) atoms. The number of halogens is 1. The molecule has 3 saturated heterocycles. The number of aromatic nitrogens is 2. The van der Waals surface area contributed by atoms with Crippen LogP contribution in [0.15, 0.2) is 30.5 Å². The molecule has 0 bridgehead atoms. The topological polar surface area (TPSA) is 165 Å². The Morgan fingerprint density at radius 1 is 1.17 bits per heavy atom. The predicted octanol–water partition coefficient (Wildman–Crippen LogP) is 2.75. The van der Waals surface area contributed by atoms with E-state index in [1.54, 1.807) is 23.0 Å². The van der Waals surface area contributed by atoms with E-state index in [1.807, 2.05) is 0 Å². The zero-order chi connectivity index (χ0) is 29.9. The maximum absolute atomic E-state index is 14.2. The summed E-state index contributed by atoms with van der Waals surface area (Å²) in [6, 6.07) is 4.13. The minimum Gasteiger partial charge on any atom is -0.493 e. The number of rotatable bonds is 6. The SMILES string of the molecule is Cn1ncc(C2CN(C(=O)[C@@H]3CC[C@@H]4CCC[C@H](NC(=O)c5cc6cc(C(F)P(=O)(O)O)ccc6s5)C(=O)N43)C2)c1O. The highest BCUT2D eigenvalue weighted by molar-refractivity contribution is 7.51. The van der Waals surface area contributed by atoms with Crippen LogP contribution in [0.1, 0.15) is 64.7 Å². The highest BCUT2D eigenvalue weighted by Gasteiger charge is 2.48. The van der Waals surface area contributed by atoms with Crippen LogP contribution < -0.4 is 5.32 Å². The first-order valence-electron chi connectivity index (χ1n) is 13.8. The van der Waals surface area contributed by atoms with Gasteiger partial charge >= 0.3 is 7.60 Å². The largest absolute Gasteiger partial charge is 0.493 e. The zero-order valence-electron chi connectivity index (χ0n) is 22.7. The molecule has 4 N–H and O–H groups in total. The van der Waals surface area contributed by atoms with E-state index >= 15 is 0 Å². The third-order valence-electron chi connectivity index (χ3n) is 8.58. The number of nitrogens with one attached hydrogen (secondary N) is 1. The Labute approximate surface area is 244 Å². The Bertz CT molecular complexity index is 1620. The van der Waals surface area contributed by atoms with Gasteiger partial charge in [0.1, 0.15) is 12.1 Å². The summed E-state index contributed by atoms with van der Waals surface area (Å²) in [6.45, 7) is 0.874. The van der Waals surface area contributed by atoms with E-state index in [-0.39, 0.29) is 40.1 Å². The third kappa shape index (κ3) is 5.10. The Morgan fingerprint density at radius 2 is 1.93 bits per heavy atom. The van der Waals surface area contributed by atoms with Gasteiger partial charge in [0.05, 0.1) is 11.1 Å². The van der Waals surface area contributed by atoms with E-state index in [1.165, 1.54) is 28.9 Å². The first-order chi connectivity index (χ1) is 19.9. The molecule has 3 amide bonds. The standard InChI is InChI=1S/C27H31FN5O7PS/c1-31-25(35)18(11-29-31)16-12-32(13-16)27(37)20-7-6-17-3-2-4-19(26(36)33(17)20)30-24(34)22-10-15-9-14(5-8-21(15)42-22)23(28)41(38,39)40/h5,8-11,16-17,19-20,23,35H,2-4,6-7,12-13H2,1H3,(H,30,34)(H2,38,39,40)/t17-,19-,20-,23?/m0/s1. The molecule has 0 saturated carbocycles. The number of fused-ring (bicyclic) bond motifs is 2. The lowest BCUT2D eigenvalue weighted by atomic mass is 9.92. The van der Waals surface area contributed by atoms with Crippen molar-refractivity contribution >= 4 is 46.7 Å². The lowest BCUT2D eigenvalue weighted by Gasteiger charge is -2.42. The maximum Gasteiger partial charge on any atom is 0.363 e. The molecule has 0 spiro atoms. The molecule has 3 aliphatic heterocycles. The van der Waals surface area contributed by atoms with E-state index < -0.39 is 31.5 Å². The van der Waals surface area contributed by atoms with Crippen molar-refractivity contribution in [2.75, 3.05) is 13.1 Å². The molecule has 3 aliphatic rings. The summed E-state index contributed by atoms with van der Waals surface area (Å²) in [5.41, 5.74) is 0.518. The number of benzene rings is 1. The smallest absolute Gasteiger partial charge is 0.363 e. The summed E-state index contributed by atoms with van der Waals surface area (Å²) in [5.74, 6) is -3.28. The van der Waals surface area contributed by atoms with Crippen LogP contribution >= 0.6 is 18.9 Å². The molecule has 0 aliphatic carbocycles. The number of aromatic hydroxyl groups is 1. The van der Waals surface area contributed by atoms with Crippen molar-refractivity contribution in [2.45, 2.75) is 62.1 Å². The molecule has 5 heterocycles. The fraction of sp³-hybridized carbons (Fsp3) is 0.481. The number of alkyl halides is 1. The van der Waals surface area contributed by atoms with Crippen LogP contribution in [-0.4, -0.2) is 83.4 Å². The fourth-order valence-corrected chi connectivity index (χ4v) is 7.78. The van der Waals surface area contributed by atoms with Crippen LogP contribution in [0.25, 0.3) is 10.1 Å². The molecule has 3 fully saturated rings. The van der Waals surface area contributed by atoms with Crippen LogP contribution in [0, 0.1) is 0 Å². The van der Waals surface area contributed by atoms with Crippen LogP contribution in [0.3, 0.4) is 0 Å². The second-order valence-electron chi connectivity index (χ2n) is 11.3. The highest BCUT2D eigenvalue weighted by atomic mass is 32.1. The third-order valence-corrected chi connectivity index (χ3v) is 10.6. The fourth-order valence-electron chi connectivity index (χ4n) is 6.28. The Balaban J connectivity index is 1.14. The van der Waals surface area contributed by atoms with Gasteiger partial charge in [0, 0.05) is 42.4 Å². The average Bonchev–Trinajstić information content (AvgIpc) is 3.60. The van der Waals surface area contributed by atoms with Gasteiger partial charge in [0.25, 0.3) is 5.91 Å². The van der Waals surface area contributed by atoms with Gasteiger partial charge in [-0.25, -0.2) is 9.07 Å². The van der Waals surface area contributed by atoms with Crippen LogP contribution in [-0.2, 0) is 21.2 Å². The van der Waals surface area contributed by atoms with Gasteiger partial charge in [-0.3, -0.25) is 18.9 Å². The summed E-state index contributed by atoms with van der Waals surface area (Å²) in [7, 11) is -3.33. The first-order valence-corrected chi connectivity index (χ1v) is 16.3. The number of hydrogen-bond donors (Lipinski definition) is 4. The molecule has 224 valence electrons. The Morgan fingerprint density at radius 3 is 2.62 bits per heavy atom. The lowest BCUT2D eigenvalue weighted by Crippen LogP contribution is -2.58. The molecule has 3 aromatic rings. The Hall–Kier alpha value is -3.32. The van der Waals surface area contributed by atoms with Gasteiger partial charge in [-0.15, -0.1) is 11.3 Å². The number of likely N-dealkylation sites (tertiary alicyclic amines) is 1. The van der Waals surface area contributed by atoms with E-state index in [4.69, 9.17) is 0 Å². The van der Waals surface area contributed by atoms with Crippen LogP contribution in [0.4, 0.5) is 4.39 Å². The average molecular weight is 620 g/mol. The summed E-state index contributed by atoms with van der Waals surface area (Å²) in [4.78, 5) is 62.4. The molecule has 1 aromatic carbocycles. The second-order valence-corrected chi connectivity index (χ2v) is 14.0. The molecule has 6 rings (SSSR count). The molecule has 2 aromatic heterocycles. The van der Waals surface area contributed by atoms with Crippen molar-refractivity contribution < 1.29 is 38.2 Å². The van der Waals surface area contributed by atoms with E-state index in [0.717, 1.165) is 17.8 Å². The van der Waals surface area contributed by atoms with E-state index in [9.17, 15) is 38.2 Å². The van der Waals surface area contributed by atoms with Gasteiger partial charge in [0.2, 0.25) is 23.6 Å². The molecule has 12 nitrogen and oxygen atoms in total. The zero-order valence-corrected chi connectivity index (χ0v) is 24.4. The van der Waals surface area contributed by atoms with Crippen LogP contribution in [0.2, 0.25) is 0 Å². The minimum atomic E-state index is -4.97.